The fourth-order valence-electron chi connectivity index (χ4n) is 2.15. The van der Waals surface area contributed by atoms with Gasteiger partial charge in [0.1, 0.15) is 11.4 Å². The van der Waals surface area contributed by atoms with Crippen molar-refractivity contribution in [3.8, 4) is 0 Å². The molecule has 130 valence electrons. The zero-order valence-corrected chi connectivity index (χ0v) is 13.6. The van der Waals surface area contributed by atoms with Gasteiger partial charge in [0.25, 0.3) is 5.56 Å². The number of nitrogen functional groups attached to an aromatic ring is 1. The number of H-pyrrole nitrogens is 1. The van der Waals surface area contributed by atoms with Crippen LogP contribution in [0.2, 0.25) is 0 Å². The number of carbonyl (C=O) groups excluding carboxylic acids is 2. The molecule has 1 atom stereocenters. The lowest BCUT2D eigenvalue weighted by Gasteiger charge is -2.24. The molecule has 0 bridgehead atoms. The standard InChI is InChI=1S/C14H19N5O5/c1-4-23-11(21)7-6-14(3,12(22)24-5-2)19-8-9(16-7)17-13(15)18-10(8)20/h6,19H,4-5H2,1-3H3,(H4,15,16,17,18,20)/t14-/m1/s1. The number of nitrogens with one attached hydrogen (secondary N) is 3. The van der Waals surface area contributed by atoms with Gasteiger partial charge in [-0.15, -0.1) is 0 Å². The lowest BCUT2D eigenvalue weighted by Crippen LogP contribution is -2.44. The molecule has 0 fully saturated rings. The molecule has 0 aliphatic carbocycles. The number of hydrogen-bond acceptors (Lipinski definition) is 9. The van der Waals surface area contributed by atoms with E-state index in [0.29, 0.717) is 0 Å². The van der Waals surface area contributed by atoms with E-state index < -0.39 is 23.0 Å². The Morgan fingerprint density at radius 1 is 1.29 bits per heavy atom. The maximum absolute atomic E-state index is 12.3. The van der Waals surface area contributed by atoms with Crippen LogP contribution in [-0.4, -0.2) is 40.7 Å². The molecule has 0 unspecified atom stereocenters. The lowest BCUT2D eigenvalue weighted by atomic mass is 10.0. The smallest absolute Gasteiger partial charge is 0.354 e. The number of anilines is 3. The molecule has 10 nitrogen and oxygen atoms in total. The van der Waals surface area contributed by atoms with Gasteiger partial charge >= 0.3 is 11.9 Å². The average molecular weight is 337 g/mol. The third-order valence-electron chi connectivity index (χ3n) is 3.20. The Morgan fingerprint density at radius 2 is 1.96 bits per heavy atom. The first kappa shape index (κ1) is 17.3. The second-order valence-corrected chi connectivity index (χ2v) is 5.13. The van der Waals surface area contributed by atoms with Crippen LogP contribution in [0.25, 0.3) is 0 Å². The highest BCUT2D eigenvalue weighted by Gasteiger charge is 2.38. The minimum absolute atomic E-state index is 0.00331. The topological polar surface area (TPSA) is 148 Å². The highest BCUT2D eigenvalue weighted by molar-refractivity contribution is 5.98. The van der Waals surface area contributed by atoms with Crippen molar-refractivity contribution in [2.45, 2.75) is 26.3 Å². The summed E-state index contributed by atoms with van der Waals surface area (Å²) < 4.78 is 9.97. The Labute approximate surface area is 137 Å². The quantitative estimate of drug-likeness (QED) is 0.555. The fourth-order valence-corrected chi connectivity index (χ4v) is 2.15. The number of ether oxygens (including phenoxy) is 2. The zero-order chi connectivity index (χ0) is 17.9. The van der Waals surface area contributed by atoms with Crippen molar-refractivity contribution < 1.29 is 19.1 Å². The minimum atomic E-state index is -1.48. The molecule has 24 heavy (non-hydrogen) atoms. The number of nitrogens with two attached hydrogens (primary N) is 1. The van der Waals surface area contributed by atoms with Crippen molar-refractivity contribution in [3.63, 3.8) is 0 Å². The molecule has 0 saturated carbocycles. The summed E-state index contributed by atoms with van der Waals surface area (Å²) in [6, 6.07) is 0. The van der Waals surface area contributed by atoms with Crippen LogP contribution >= 0.6 is 0 Å². The molecule has 2 heterocycles. The second kappa shape index (κ2) is 6.60. The molecule has 5 N–H and O–H groups in total. The van der Waals surface area contributed by atoms with Gasteiger partial charge in [-0.25, -0.2) is 9.59 Å². The first-order chi connectivity index (χ1) is 11.3. The van der Waals surface area contributed by atoms with E-state index in [0.717, 1.165) is 0 Å². The van der Waals surface area contributed by atoms with Gasteiger partial charge in [-0.1, -0.05) is 0 Å². The molecule has 0 aromatic carbocycles. The Morgan fingerprint density at radius 3 is 2.58 bits per heavy atom. The summed E-state index contributed by atoms with van der Waals surface area (Å²) in [5, 5.41) is 5.44. The Balaban J connectivity index is 2.59. The largest absolute Gasteiger partial charge is 0.464 e. The summed E-state index contributed by atoms with van der Waals surface area (Å²) in [7, 11) is 0. The average Bonchev–Trinajstić information content (AvgIpc) is 2.65. The van der Waals surface area contributed by atoms with Crippen molar-refractivity contribution in [2.24, 2.45) is 0 Å². The van der Waals surface area contributed by atoms with Crippen LogP contribution in [0, 0.1) is 0 Å². The van der Waals surface area contributed by atoms with Crippen LogP contribution in [0.4, 0.5) is 17.5 Å². The third kappa shape index (κ3) is 3.31. The Hall–Kier alpha value is -3.04. The SMILES string of the molecule is CCOC(=O)C1=C[C@](C)(C(=O)OCC)Nc2c(nc(N)[nH]c2=O)N1. The minimum Gasteiger partial charge on any atom is -0.464 e. The van der Waals surface area contributed by atoms with Gasteiger partial charge in [0.2, 0.25) is 5.95 Å². The van der Waals surface area contributed by atoms with Crippen LogP contribution in [0.1, 0.15) is 20.8 Å². The predicted octanol–water partition coefficient (Wildman–Crippen LogP) is -0.0417. The van der Waals surface area contributed by atoms with Crippen molar-refractivity contribution in [2.75, 3.05) is 29.6 Å². The Kier molecular flexibility index (Phi) is 4.77. The molecule has 1 aliphatic heterocycles. The summed E-state index contributed by atoms with van der Waals surface area (Å²) >= 11 is 0. The Bertz CT molecular complexity index is 756. The van der Waals surface area contributed by atoms with Crippen molar-refractivity contribution in [1.29, 1.82) is 0 Å². The monoisotopic (exact) mass is 337 g/mol. The maximum atomic E-state index is 12.3. The van der Waals surface area contributed by atoms with Crippen LogP contribution in [0.3, 0.4) is 0 Å². The van der Waals surface area contributed by atoms with Gasteiger partial charge in [-0.3, -0.25) is 9.78 Å². The van der Waals surface area contributed by atoms with Gasteiger partial charge in [0, 0.05) is 0 Å². The van der Waals surface area contributed by atoms with Gasteiger partial charge in [0.05, 0.1) is 13.2 Å². The number of carbonyl (C=O) groups is 2. The van der Waals surface area contributed by atoms with Gasteiger partial charge in [-0.2, -0.15) is 4.98 Å². The summed E-state index contributed by atoms with van der Waals surface area (Å²) in [6.45, 7) is 5.04. The predicted molar refractivity (Wildman–Crippen MR) is 86.3 cm³/mol. The van der Waals surface area contributed by atoms with E-state index >= 15 is 0 Å². The highest BCUT2D eigenvalue weighted by Crippen LogP contribution is 2.28. The van der Waals surface area contributed by atoms with Crippen LogP contribution in [-0.2, 0) is 19.1 Å². The number of esters is 2. The van der Waals surface area contributed by atoms with Crippen LogP contribution in [0.5, 0.6) is 0 Å². The van der Waals surface area contributed by atoms with Gasteiger partial charge in [0.15, 0.2) is 11.4 Å². The number of nitrogens with zero attached hydrogens (tertiary/aromatic N) is 1. The molecule has 0 spiro atoms. The number of fused-ring (bicyclic) bond motifs is 1. The summed E-state index contributed by atoms with van der Waals surface area (Å²) in [5.41, 5.74) is 3.34. The molecule has 1 aliphatic rings. The molecule has 1 aromatic rings. The summed E-state index contributed by atoms with van der Waals surface area (Å²) in [6.07, 6.45) is 1.29. The van der Waals surface area contributed by atoms with Crippen LogP contribution in [0.15, 0.2) is 16.6 Å². The summed E-state index contributed by atoms with van der Waals surface area (Å²) in [5.74, 6) is -1.51. The van der Waals surface area contributed by atoms with E-state index in [-0.39, 0.29) is 36.4 Å². The molecule has 0 radical (unpaired) electrons. The van der Waals surface area contributed by atoms with E-state index in [1.54, 1.807) is 13.8 Å². The third-order valence-corrected chi connectivity index (χ3v) is 3.20. The van der Waals surface area contributed by atoms with E-state index in [1.807, 2.05) is 0 Å². The van der Waals surface area contributed by atoms with E-state index in [1.165, 1.54) is 13.0 Å². The molecule has 10 heteroatoms. The summed E-state index contributed by atoms with van der Waals surface area (Å²) in [4.78, 5) is 42.8. The van der Waals surface area contributed by atoms with E-state index in [4.69, 9.17) is 15.2 Å². The van der Waals surface area contributed by atoms with Gasteiger partial charge < -0.3 is 25.8 Å². The maximum Gasteiger partial charge on any atom is 0.354 e. The number of rotatable bonds is 4. The second-order valence-electron chi connectivity index (χ2n) is 5.13. The van der Waals surface area contributed by atoms with E-state index in [2.05, 4.69) is 20.6 Å². The van der Waals surface area contributed by atoms with Crippen molar-refractivity contribution >= 4 is 29.4 Å². The van der Waals surface area contributed by atoms with Crippen molar-refractivity contribution in [1.82, 2.24) is 9.97 Å². The molecule has 1 aromatic heterocycles. The fraction of sp³-hybridized carbons (Fsp3) is 0.429. The van der Waals surface area contributed by atoms with Crippen molar-refractivity contribution in [3.05, 3.63) is 22.1 Å². The molecular weight excluding hydrogens is 318 g/mol. The van der Waals surface area contributed by atoms with Gasteiger partial charge in [-0.05, 0) is 26.8 Å². The first-order valence-electron chi connectivity index (χ1n) is 7.33. The molecule has 0 saturated heterocycles. The number of hydrogen-bond donors (Lipinski definition) is 4. The number of aromatic nitrogens is 2. The van der Waals surface area contributed by atoms with E-state index in [9.17, 15) is 14.4 Å². The molecule has 2 rings (SSSR count). The molecule has 0 amide bonds. The molecular formula is C14H19N5O5. The number of aromatic amines is 1. The highest BCUT2D eigenvalue weighted by atomic mass is 16.5. The first-order valence-corrected chi connectivity index (χ1v) is 7.33. The lowest BCUT2D eigenvalue weighted by molar-refractivity contribution is -0.146. The zero-order valence-electron chi connectivity index (χ0n) is 13.6. The van der Waals surface area contributed by atoms with Crippen LogP contribution < -0.4 is 21.9 Å². The normalized spacial score (nSPS) is 19.0.